The molecule has 0 fully saturated rings. The summed E-state index contributed by atoms with van der Waals surface area (Å²) in [5.41, 5.74) is 5.74. The minimum atomic E-state index is -0.225. The van der Waals surface area contributed by atoms with Crippen LogP contribution in [0.4, 0.5) is 0 Å². The number of fused-ring (bicyclic) bond motifs is 1. The van der Waals surface area contributed by atoms with Gasteiger partial charge >= 0.3 is 0 Å². The highest BCUT2D eigenvalue weighted by Crippen LogP contribution is 2.29. The molecule has 0 saturated carbocycles. The number of Topliss-reactive ketones (excluding diaryl/α,β-unsaturated/α-hetero) is 1. The van der Waals surface area contributed by atoms with Gasteiger partial charge in [-0.1, -0.05) is 41.6 Å². The second-order valence-corrected chi connectivity index (χ2v) is 8.47. The minimum absolute atomic E-state index is 0.144. The van der Waals surface area contributed by atoms with Crippen LogP contribution >= 0.6 is 11.8 Å². The highest BCUT2D eigenvalue weighted by molar-refractivity contribution is 8.00. The number of ketones is 1. The Balaban J connectivity index is 1.57. The molecule has 138 valence electrons. The van der Waals surface area contributed by atoms with E-state index in [9.17, 15) is 4.79 Å². The molecule has 4 rings (SSSR count). The van der Waals surface area contributed by atoms with Crippen molar-refractivity contribution in [1.82, 2.24) is 14.8 Å². The maximum Gasteiger partial charge on any atom is 0.196 e. The summed E-state index contributed by atoms with van der Waals surface area (Å²) >= 11 is 1.47. The number of carbonyl (C=O) groups excluding carboxylic acids is 1. The summed E-state index contributed by atoms with van der Waals surface area (Å²) < 4.78 is 2.01. The van der Waals surface area contributed by atoms with E-state index in [1.165, 1.54) is 34.9 Å². The Morgan fingerprint density at radius 3 is 2.56 bits per heavy atom. The highest BCUT2D eigenvalue weighted by Gasteiger charge is 2.22. The normalized spacial score (nSPS) is 14.2. The molecule has 1 aliphatic carbocycles. The molecule has 5 heteroatoms. The quantitative estimate of drug-likeness (QED) is 0.476. The molecule has 0 saturated heterocycles. The first kappa shape index (κ1) is 18.0. The van der Waals surface area contributed by atoms with E-state index in [0.29, 0.717) is 0 Å². The molecule has 1 aromatic heterocycles. The third-order valence-corrected chi connectivity index (χ3v) is 6.16. The molecule has 1 heterocycles. The van der Waals surface area contributed by atoms with Gasteiger partial charge in [-0.2, -0.15) is 0 Å². The predicted octanol–water partition coefficient (Wildman–Crippen LogP) is 4.74. The van der Waals surface area contributed by atoms with Crippen LogP contribution in [0.25, 0.3) is 5.69 Å². The second-order valence-electron chi connectivity index (χ2n) is 7.16. The van der Waals surface area contributed by atoms with Gasteiger partial charge in [0.05, 0.1) is 5.25 Å². The Labute approximate surface area is 164 Å². The third-order valence-electron chi connectivity index (χ3n) is 5.12. The highest BCUT2D eigenvalue weighted by atomic mass is 32.2. The van der Waals surface area contributed by atoms with E-state index in [4.69, 9.17) is 0 Å². The molecule has 0 N–H and O–H groups in total. The maximum absolute atomic E-state index is 13.0. The predicted molar refractivity (Wildman–Crippen MR) is 109 cm³/mol. The van der Waals surface area contributed by atoms with Crippen LogP contribution in [-0.2, 0) is 12.8 Å². The fourth-order valence-electron chi connectivity index (χ4n) is 3.58. The molecule has 2 aromatic carbocycles. The van der Waals surface area contributed by atoms with Crippen molar-refractivity contribution in [2.45, 2.75) is 50.4 Å². The van der Waals surface area contributed by atoms with Crippen molar-refractivity contribution in [3.05, 3.63) is 70.5 Å². The van der Waals surface area contributed by atoms with Gasteiger partial charge in [-0.15, -0.1) is 10.2 Å². The standard InChI is InChI=1S/C22H23N3OS/c1-14-7-11-20(12-8-14)25-16(3)23-24-22(25)27-15(2)21(26)19-10-9-17-5-4-6-18(17)13-19/h7-13,15H,4-6H2,1-3H3/t15-/m1/s1. The number of rotatable bonds is 5. The molecule has 0 amide bonds. The number of aromatic nitrogens is 3. The lowest BCUT2D eigenvalue weighted by Crippen LogP contribution is -2.15. The van der Waals surface area contributed by atoms with E-state index in [1.807, 2.05) is 24.5 Å². The number of hydrogen-bond acceptors (Lipinski definition) is 4. The van der Waals surface area contributed by atoms with E-state index < -0.39 is 0 Å². The Bertz CT molecular complexity index is 991. The van der Waals surface area contributed by atoms with Gasteiger partial charge in [0.15, 0.2) is 10.9 Å². The van der Waals surface area contributed by atoms with Crippen LogP contribution in [0, 0.1) is 13.8 Å². The zero-order valence-corrected chi connectivity index (χ0v) is 16.7. The monoisotopic (exact) mass is 377 g/mol. The van der Waals surface area contributed by atoms with Crippen LogP contribution in [0.5, 0.6) is 0 Å². The first-order valence-electron chi connectivity index (χ1n) is 9.34. The molecule has 1 aliphatic rings. The summed E-state index contributed by atoms with van der Waals surface area (Å²) in [6.45, 7) is 5.95. The summed E-state index contributed by atoms with van der Waals surface area (Å²) in [6, 6.07) is 14.4. The van der Waals surface area contributed by atoms with Crippen LogP contribution < -0.4 is 0 Å². The van der Waals surface area contributed by atoms with Crippen LogP contribution in [-0.4, -0.2) is 25.8 Å². The van der Waals surface area contributed by atoms with Gasteiger partial charge in [0.25, 0.3) is 0 Å². The first-order chi connectivity index (χ1) is 13.0. The molecule has 1 atom stereocenters. The van der Waals surface area contributed by atoms with Crippen molar-refractivity contribution >= 4 is 17.5 Å². The van der Waals surface area contributed by atoms with Gasteiger partial charge in [0, 0.05) is 11.3 Å². The van der Waals surface area contributed by atoms with Gasteiger partial charge < -0.3 is 0 Å². The number of aryl methyl sites for hydroxylation is 4. The Kier molecular flexibility index (Phi) is 4.87. The van der Waals surface area contributed by atoms with Gasteiger partial charge in [-0.3, -0.25) is 9.36 Å². The van der Waals surface area contributed by atoms with Crippen LogP contribution in [0.3, 0.4) is 0 Å². The molecular formula is C22H23N3OS. The zero-order chi connectivity index (χ0) is 19.0. The molecule has 0 radical (unpaired) electrons. The maximum atomic E-state index is 13.0. The molecule has 4 nitrogen and oxygen atoms in total. The van der Waals surface area contributed by atoms with Gasteiger partial charge in [-0.05, 0) is 69.4 Å². The third kappa shape index (κ3) is 3.56. The largest absolute Gasteiger partial charge is 0.293 e. The van der Waals surface area contributed by atoms with E-state index in [0.717, 1.165) is 35.1 Å². The van der Waals surface area contributed by atoms with E-state index in [2.05, 4.69) is 53.5 Å². The van der Waals surface area contributed by atoms with E-state index >= 15 is 0 Å². The van der Waals surface area contributed by atoms with Crippen LogP contribution in [0.2, 0.25) is 0 Å². The minimum Gasteiger partial charge on any atom is -0.293 e. The molecule has 0 spiro atoms. The number of nitrogens with zero attached hydrogens (tertiary/aromatic N) is 3. The summed E-state index contributed by atoms with van der Waals surface area (Å²) in [5, 5.41) is 9.06. The number of carbonyl (C=O) groups is 1. The van der Waals surface area contributed by atoms with Gasteiger partial charge in [0.1, 0.15) is 5.82 Å². The average Bonchev–Trinajstić information content (AvgIpc) is 3.28. The van der Waals surface area contributed by atoms with Crippen molar-refractivity contribution in [1.29, 1.82) is 0 Å². The fourth-order valence-corrected chi connectivity index (χ4v) is 4.57. The Morgan fingerprint density at radius 2 is 1.78 bits per heavy atom. The molecule has 0 unspecified atom stereocenters. The molecule has 3 aromatic rings. The van der Waals surface area contributed by atoms with E-state index in [-0.39, 0.29) is 11.0 Å². The molecule has 27 heavy (non-hydrogen) atoms. The molecule has 0 aliphatic heterocycles. The summed E-state index contributed by atoms with van der Waals surface area (Å²) in [5.74, 6) is 0.962. The summed E-state index contributed by atoms with van der Waals surface area (Å²) in [7, 11) is 0. The van der Waals surface area contributed by atoms with E-state index in [1.54, 1.807) is 0 Å². The first-order valence-corrected chi connectivity index (χ1v) is 10.2. The van der Waals surface area contributed by atoms with Crippen LogP contribution in [0.1, 0.15) is 46.2 Å². The lowest BCUT2D eigenvalue weighted by molar-refractivity contribution is 0.0993. The lowest BCUT2D eigenvalue weighted by Gasteiger charge is -2.13. The average molecular weight is 378 g/mol. The number of thioether (sulfide) groups is 1. The number of hydrogen-bond donors (Lipinski definition) is 0. The molecular weight excluding hydrogens is 354 g/mol. The fraction of sp³-hybridized carbons (Fsp3) is 0.318. The van der Waals surface area contributed by atoms with Crippen molar-refractivity contribution in [3.8, 4) is 5.69 Å². The van der Waals surface area contributed by atoms with Crippen LogP contribution in [0.15, 0.2) is 47.6 Å². The smallest absolute Gasteiger partial charge is 0.196 e. The van der Waals surface area contributed by atoms with Crippen molar-refractivity contribution in [3.63, 3.8) is 0 Å². The van der Waals surface area contributed by atoms with Crippen molar-refractivity contribution in [2.75, 3.05) is 0 Å². The van der Waals surface area contributed by atoms with Crippen molar-refractivity contribution in [2.24, 2.45) is 0 Å². The number of benzene rings is 2. The Morgan fingerprint density at radius 1 is 1.04 bits per heavy atom. The Hall–Kier alpha value is -2.40. The SMILES string of the molecule is Cc1ccc(-n2c(C)nnc2S[C@H](C)C(=O)c2ccc3c(c2)CCC3)cc1. The van der Waals surface area contributed by atoms with Crippen molar-refractivity contribution < 1.29 is 4.79 Å². The summed E-state index contributed by atoms with van der Waals surface area (Å²) in [4.78, 5) is 13.0. The summed E-state index contributed by atoms with van der Waals surface area (Å²) in [6.07, 6.45) is 3.40. The molecule has 0 bridgehead atoms. The topological polar surface area (TPSA) is 47.8 Å². The zero-order valence-electron chi connectivity index (χ0n) is 15.9. The lowest BCUT2D eigenvalue weighted by atomic mass is 10.0. The van der Waals surface area contributed by atoms with Gasteiger partial charge in [0.2, 0.25) is 0 Å². The second kappa shape index (κ2) is 7.31. The van der Waals surface area contributed by atoms with Gasteiger partial charge in [-0.25, -0.2) is 0 Å².